The summed E-state index contributed by atoms with van der Waals surface area (Å²) in [5.41, 5.74) is 1.04. The van der Waals surface area contributed by atoms with Crippen LogP contribution in [0.4, 0.5) is 5.69 Å². The number of hydrogen-bond acceptors (Lipinski definition) is 2. The van der Waals surface area contributed by atoms with Crippen LogP contribution in [0.1, 0.15) is 19.3 Å². The molecule has 0 fully saturated rings. The standard InChI is InChI=1S/C13H16ClNO/c1-16-13-8-7-11(9-12(13)14)15-10-5-3-2-4-6-10/h3,5,7-10,15H,2,4,6H2,1H3. The Balaban J connectivity index is 2.06. The predicted octanol–water partition coefficient (Wildman–Crippen LogP) is 3.87. The van der Waals surface area contributed by atoms with Gasteiger partial charge in [0.1, 0.15) is 5.75 Å². The van der Waals surface area contributed by atoms with Crippen LogP contribution in [0.25, 0.3) is 0 Å². The minimum atomic E-state index is 0.429. The first-order valence-corrected chi connectivity index (χ1v) is 5.94. The monoisotopic (exact) mass is 237 g/mol. The Morgan fingerprint density at radius 2 is 2.31 bits per heavy atom. The van der Waals surface area contributed by atoms with E-state index in [-0.39, 0.29) is 0 Å². The van der Waals surface area contributed by atoms with Crippen LogP contribution in [-0.2, 0) is 0 Å². The highest BCUT2D eigenvalue weighted by atomic mass is 35.5. The zero-order valence-corrected chi connectivity index (χ0v) is 10.1. The first kappa shape index (κ1) is 11.3. The van der Waals surface area contributed by atoms with Gasteiger partial charge in [0.25, 0.3) is 0 Å². The Kier molecular flexibility index (Phi) is 3.73. The third kappa shape index (κ3) is 2.70. The van der Waals surface area contributed by atoms with Gasteiger partial charge in [0.05, 0.1) is 12.1 Å². The number of allylic oxidation sites excluding steroid dienone is 1. The Morgan fingerprint density at radius 1 is 1.44 bits per heavy atom. The number of rotatable bonds is 3. The summed E-state index contributed by atoms with van der Waals surface area (Å²) in [4.78, 5) is 0. The smallest absolute Gasteiger partial charge is 0.137 e. The number of benzene rings is 1. The van der Waals surface area contributed by atoms with Crippen molar-refractivity contribution in [2.75, 3.05) is 12.4 Å². The number of ether oxygens (including phenoxy) is 1. The Bertz CT molecular complexity index is 390. The third-order valence-electron chi connectivity index (χ3n) is 2.76. The fraction of sp³-hybridized carbons (Fsp3) is 0.385. The molecule has 0 saturated heterocycles. The lowest BCUT2D eigenvalue weighted by Gasteiger charge is -2.19. The highest BCUT2D eigenvalue weighted by molar-refractivity contribution is 6.32. The molecule has 0 spiro atoms. The highest BCUT2D eigenvalue weighted by Crippen LogP contribution is 2.28. The molecule has 2 nitrogen and oxygen atoms in total. The average molecular weight is 238 g/mol. The summed E-state index contributed by atoms with van der Waals surface area (Å²) in [6, 6.07) is 6.21. The Hall–Kier alpha value is -1.15. The zero-order valence-electron chi connectivity index (χ0n) is 9.37. The number of nitrogens with one attached hydrogen (secondary N) is 1. The average Bonchev–Trinajstić information content (AvgIpc) is 2.31. The summed E-state index contributed by atoms with van der Waals surface area (Å²) in [5, 5.41) is 4.09. The summed E-state index contributed by atoms with van der Waals surface area (Å²) in [5.74, 6) is 0.714. The van der Waals surface area contributed by atoms with Crippen molar-refractivity contribution in [2.45, 2.75) is 25.3 Å². The van der Waals surface area contributed by atoms with Crippen molar-refractivity contribution in [1.29, 1.82) is 0 Å². The molecule has 0 bridgehead atoms. The molecule has 0 amide bonds. The van der Waals surface area contributed by atoms with Gasteiger partial charge >= 0.3 is 0 Å². The van der Waals surface area contributed by atoms with Gasteiger partial charge in [-0.3, -0.25) is 0 Å². The molecule has 0 aromatic heterocycles. The van der Waals surface area contributed by atoms with E-state index in [1.807, 2.05) is 18.2 Å². The molecule has 1 aliphatic rings. The number of anilines is 1. The van der Waals surface area contributed by atoms with Crippen LogP contribution in [-0.4, -0.2) is 13.2 Å². The molecule has 0 heterocycles. The first-order valence-electron chi connectivity index (χ1n) is 5.56. The van der Waals surface area contributed by atoms with Crippen molar-refractivity contribution in [3.05, 3.63) is 35.4 Å². The SMILES string of the molecule is COc1ccc(NC2C=CCCC2)cc1Cl. The molecule has 86 valence electrons. The molecule has 16 heavy (non-hydrogen) atoms. The molecule has 0 saturated carbocycles. The molecule has 0 aliphatic heterocycles. The molecule has 3 heteroatoms. The van der Waals surface area contributed by atoms with Crippen LogP contribution in [0.15, 0.2) is 30.4 Å². The molecule has 1 aromatic carbocycles. The van der Waals surface area contributed by atoms with Gasteiger partial charge in [0, 0.05) is 11.7 Å². The van der Waals surface area contributed by atoms with E-state index in [4.69, 9.17) is 16.3 Å². The molecule has 1 atom stereocenters. The van der Waals surface area contributed by atoms with Gasteiger partial charge in [-0.25, -0.2) is 0 Å². The minimum absolute atomic E-state index is 0.429. The summed E-state index contributed by atoms with van der Waals surface area (Å²) in [6.07, 6.45) is 8.08. The van der Waals surface area contributed by atoms with Crippen molar-refractivity contribution >= 4 is 17.3 Å². The quantitative estimate of drug-likeness (QED) is 0.806. The summed E-state index contributed by atoms with van der Waals surface area (Å²) >= 11 is 6.06. The van der Waals surface area contributed by atoms with Crippen LogP contribution in [0.5, 0.6) is 5.75 Å². The Labute approximate surface area is 101 Å². The van der Waals surface area contributed by atoms with Crippen molar-refractivity contribution in [2.24, 2.45) is 0 Å². The Morgan fingerprint density at radius 3 is 2.94 bits per heavy atom. The van der Waals surface area contributed by atoms with E-state index in [0.717, 1.165) is 5.69 Å². The maximum absolute atomic E-state index is 6.06. The maximum Gasteiger partial charge on any atom is 0.137 e. The van der Waals surface area contributed by atoms with Gasteiger partial charge in [-0.1, -0.05) is 23.8 Å². The van der Waals surface area contributed by atoms with E-state index in [2.05, 4.69) is 17.5 Å². The largest absolute Gasteiger partial charge is 0.495 e. The fourth-order valence-electron chi connectivity index (χ4n) is 1.90. The molecule has 1 aliphatic carbocycles. The van der Waals surface area contributed by atoms with Gasteiger partial charge in [0.15, 0.2) is 0 Å². The van der Waals surface area contributed by atoms with Gasteiger partial charge in [0.2, 0.25) is 0 Å². The molecule has 1 unspecified atom stereocenters. The second-order valence-electron chi connectivity index (χ2n) is 3.96. The van der Waals surface area contributed by atoms with Crippen molar-refractivity contribution < 1.29 is 4.74 Å². The second kappa shape index (κ2) is 5.26. The van der Waals surface area contributed by atoms with E-state index < -0.39 is 0 Å². The van der Waals surface area contributed by atoms with Crippen LogP contribution in [0.2, 0.25) is 5.02 Å². The highest BCUT2D eigenvalue weighted by Gasteiger charge is 2.09. The van der Waals surface area contributed by atoms with E-state index in [9.17, 15) is 0 Å². The molecule has 0 radical (unpaired) electrons. The zero-order chi connectivity index (χ0) is 11.4. The topological polar surface area (TPSA) is 21.3 Å². The first-order chi connectivity index (χ1) is 7.79. The third-order valence-corrected chi connectivity index (χ3v) is 3.05. The lowest BCUT2D eigenvalue weighted by molar-refractivity contribution is 0.415. The van der Waals surface area contributed by atoms with Gasteiger partial charge < -0.3 is 10.1 Å². The number of methoxy groups -OCH3 is 1. The van der Waals surface area contributed by atoms with E-state index in [0.29, 0.717) is 16.8 Å². The molecule has 1 aromatic rings. The second-order valence-corrected chi connectivity index (χ2v) is 4.37. The van der Waals surface area contributed by atoms with Crippen molar-refractivity contribution in [3.63, 3.8) is 0 Å². The van der Waals surface area contributed by atoms with Crippen LogP contribution in [0.3, 0.4) is 0 Å². The maximum atomic E-state index is 6.06. The molecule has 2 rings (SSSR count). The molecule has 1 N–H and O–H groups in total. The van der Waals surface area contributed by atoms with Crippen LogP contribution in [0, 0.1) is 0 Å². The van der Waals surface area contributed by atoms with Gasteiger partial charge in [-0.05, 0) is 37.5 Å². The van der Waals surface area contributed by atoms with E-state index >= 15 is 0 Å². The molecular formula is C13H16ClNO. The fourth-order valence-corrected chi connectivity index (χ4v) is 2.16. The van der Waals surface area contributed by atoms with E-state index in [1.165, 1.54) is 19.3 Å². The lowest BCUT2D eigenvalue weighted by atomic mass is 10.0. The van der Waals surface area contributed by atoms with Crippen LogP contribution >= 0.6 is 11.6 Å². The predicted molar refractivity (Wildman–Crippen MR) is 68.4 cm³/mol. The number of hydrogen-bond donors (Lipinski definition) is 1. The number of halogens is 1. The molecular weight excluding hydrogens is 222 g/mol. The summed E-state index contributed by atoms with van der Waals surface area (Å²) in [6.45, 7) is 0. The van der Waals surface area contributed by atoms with Crippen molar-refractivity contribution in [3.8, 4) is 5.75 Å². The minimum Gasteiger partial charge on any atom is -0.495 e. The van der Waals surface area contributed by atoms with E-state index in [1.54, 1.807) is 7.11 Å². The van der Waals surface area contributed by atoms with Gasteiger partial charge in [-0.2, -0.15) is 0 Å². The van der Waals surface area contributed by atoms with Crippen LogP contribution < -0.4 is 10.1 Å². The summed E-state index contributed by atoms with van der Waals surface area (Å²) < 4.78 is 5.12. The van der Waals surface area contributed by atoms with Crippen molar-refractivity contribution in [1.82, 2.24) is 0 Å². The van der Waals surface area contributed by atoms with Gasteiger partial charge in [-0.15, -0.1) is 0 Å². The lowest BCUT2D eigenvalue weighted by Crippen LogP contribution is -2.18. The summed E-state index contributed by atoms with van der Waals surface area (Å²) in [7, 11) is 1.62. The normalized spacial score (nSPS) is 19.5.